The Bertz CT molecular complexity index is 1570. The Labute approximate surface area is 223 Å². The summed E-state index contributed by atoms with van der Waals surface area (Å²) in [5.41, 5.74) is 4.63. The molecule has 9 heteroatoms. The monoisotopic (exact) mass is 533 g/mol. The Morgan fingerprint density at radius 1 is 1.19 bits per heavy atom. The number of pyridine rings is 1. The van der Waals surface area contributed by atoms with Crippen molar-refractivity contribution in [2.75, 3.05) is 13.1 Å². The molecule has 186 valence electrons. The van der Waals surface area contributed by atoms with E-state index in [0.29, 0.717) is 41.8 Å². The summed E-state index contributed by atoms with van der Waals surface area (Å²) in [6.45, 7) is 2.36. The molecule has 1 aliphatic heterocycles. The molecule has 0 saturated carbocycles. The number of nitrogens with zero attached hydrogens (tertiary/aromatic N) is 4. The highest BCUT2D eigenvalue weighted by molar-refractivity contribution is 6.31. The molecule has 1 N–H and O–H groups in total. The predicted molar refractivity (Wildman–Crippen MR) is 143 cm³/mol. The van der Waals surface area contributed by atoms with Crippen molar-refractivity contribution in [3.63, 3.8) is 0 Å². The van der Waals surface area contributed by atoms with E-state index in [-0.39, 0.29) is 11.6 Å². The molecule has 2 aromatic heterocycles. The molecule has 37 heavy (non-hydrogen) atoms. The molecule has 1 aliphatic rings. The van der Waals surface area contributed by atoms with E-state index < -0.39 is 5.82 Å². The van der Waals surface area contributed by atoms with Gasteiger partial charge in [-0.25, -0.2) is 14.2 Å². The minimum Gasteiger partial charge on any atom is -0.333 e. The Morgan fingerprint density at radius 3 is 2.86 bits per heavy atom. The summed E-state index contributed by atoms with van der Waals surface area (Å²) in [5.74, 6) is -0.434. The Balaban J connectivity index is 1.37. The number of carbonyl (C=O) groups is 1. The van der Waals surface area contributed by atoms with Crippen LogP contribution in [-0.4, -0.2) is 33.6 Å². The van der Waals surface area contributed by atoms with Crippen molar-refractivity contribution in [2.24, 2.45) is 0 Å². The minimum atomic E-state index is -0.434. The fourth-order valence-corrected chi connectivity index (χ4v) is 5.06. The zero-order valence-electron chi connectivity index (χ0n) is 19.7. The van der Waals surface area contributed by atoms with Gasteiger partial charge in [0, 0.05) is 54.9 Å². The third kappa shape index (κ3) is 5.52. The van der Waals surface area contributed by atoms with E-state index in [1.807, 2.05) is 36.4 Å². The number of hydrogen-bond acceptors (Lipinski definition) is 4. The number of aromatic nitrogens is 2. The van der Waals surface area contributed by atoms with E-state index in [2.05, 4.69) is 15.2 Å². The maximum absolute atomic E-state index is 13.7. The normalized spacial score (nSPS) is 13.6. The van der Waals surface area contributed by atoms with Crippen LogP contribution in [0.2, 0.25) is 10.2 Å². The molecule has 1 amide bonds. The maximum Gasteiger partial charge on any atom is 0.326 e. The highest BCUT2D eigenvalue weighted by Gasteiger charge is 2.26. The number of benzene rings is 2. The minimum absolute atomic E-state index is 0.214. The fraction of sp³-hybridized carbons (Fsp3) is 0.179. The largest absolute Gasteiger partial charge is 0.333 e. The number of nitriles is 1. The fourth-order valence-electron chi connectivity index (χ4n) is 4.69. The maximum atomic E-state index is 13.7. The Hall–Kier alpha value is -3.70. The van der Waals surface area contributed by atoms with Gasteiger partial charge < -0.3 is 5.32 Å². The Morgan fingerprint density at radius 2 is 2.05 bits per heavy atom. The summed E-state index contributed by atoms with van der Waals surface area (Å²) in [7, 11) is 0. The van der Waals surface area contributed by atoms with Crippen LogP contribution in [0.15, 0.2) is 60.8 Å². The number of hydrogen-bond donors (Lipinski definition) is 1. The van der Waals surface area contributed by atoms with Gasteiger partial charge in [0.1, 0.15) is 11.0 Å². The molecular weight excluding hydrogens is 512 g/mol. The van der Waals surface area contributed by atoms with Gasteiger partial charge in [-0.05, 0) is 65.2 Å². The van der Waals surface area contributed by atoms with Gasteiger partial charge in [0.15, 0.2) is 0 Å². The van der Waals surface area contributed by atoms with Gasteiger partial charge in [-0.3, -0.25) is 9.47 Å². The summed E-state index contributed by atoms with van der Waals surface area (Å²) in [4.78, 5) is 19.5. The quantitative estimate of drug-likeness (QED) is 0.310. The molecule has 0 bridgehead atoms. The van der Waals surface area contributed by atoms with Crippen LogP contribution in [0, 0.1) is 17.1 Å². The van der Waals surface area contributed by atoms with E-state index in [4.69, 9.17) is 28.5 Å². The van der Waals surface area contributed by atoms with Crippen LogP contribution in [-0.2, 0) is 19.5 Å². The first-order valence-corrected chi connectivity index (χ1v) is 12.5. The first kappa shape index (κ1) is 25.0. The number of nitrogens with one attached hydrogen (secondary N) is 1. The summed E-state index contributed by atoms with van der Waals surface area (Å²) in [6, 6.07) is 15.1. The second-order valence-corrected chi connectivity index (χ2v) is 9.66. The second kappa shape index (κ2) is 10.7. The molecule has 0 radical (unpaired) electrons. The van der Waals surface area contributed by atoms with E-state index >= 15 is 0 Å². The second-order valence-electron chi connectivity index (χ2n) is 8.84. The molecule has 6 nitrogen and oxygen atoms in total. The zero-order chi connectivity index (χ0) is 25.9. The third-order valence-corrected chi connectivity index (χ3v) is 6.79. The SMILES string of the molecule is N#Cc1cc(F)cc(C=CCN2CCc3c(c4cc(Cl)ccc4n3C(=O)NCc3ccnc(Cl)c3)C2)c1. The standard InChI is InChI=1S/C28H22Cl2FN5O/c29-21-3-4-25-23(14-21)24-17-35(8-1-2-18-10-20(15-32)12-22(31)11-18)9-6-26(24)36(25)28(37)34-16-19-5-7-33-27(30)13-19/h1-5,7,10-14H,6,8-9,16-17H2,(H,34,37). The van der Waals surface area contributed by atoms with Gasteiger partial charge in [0.25, 0.3) is 0 Å². The number of fused-ring (bicyclic) bond motifs is 3. The van der Waals surface area contributed by atoms with Gasteiger partial charge >= 0.3 is 6.03 Å². The molecule has 0 spiro atoms. The number of carbonyl (C=O) groups excluding carboxylic acids is 1. The molecule has 0 fully saturated rings. The number of halogens is 3. The van der Waals surface area contributed by atoms with Crippen LogP contribution in [0.1, 0.15) is 27.9 Å². The molecule has 0 atom stereocenters. The van der Waals surface area contributed by atoms with Gasteiger partial charge in [0.2, 0.25) is 0 Å². The van der Waals surface area contributed by atoms with Gasteiger partial charge in [-0.2, -0.15) is 5.26 Å². The highest BCUT2D eigenvalue weighted by Crippen LogP contribution is 2.32. The van der Waals surface area contributed by atoms with Crippen molar-refractivity contribution in [1.82, 2.24) is 19.8 Å². The third-order valence-electron chi connectivity index (χ3n) is 6.35. The molecule has 3 heterocycles. The lowest BCUT2D eigenvalue weighted by Crippen LogP contribution is -2.34. The smallest absolute Gasteiger partial charge is 0.326 e. The van der Waals surface area contributed by atoms with Crippen molar-refractivity contribution in [1.29, 1.82) is 5.26 Å². The highest BCUT2D eigenvalue weighted by atomic mass is 35.5. The van der Waals surface area contributed by atoms with E-state index in [0.717, 1.165) is 34.3 Å². The van der Waals surface area contributed by atoms with Crippen LogP contribution >= 0.6 is 23.2 Å². The summed E-state index contributed by atoms with van der Waals surface area (Å²) in [6.07, 6.45) is 6.07. The topological polar surface area (TPSA) is 74.0 Å². The van der Waals surface area contributed by atoms with Gasteiger partial charge in [-0.1, -0.05) is 35.4 Å². The average Bonchev–Trinajstić information content (AvgIpc) is 3.20. The first-order chi connectivity index (χ1) is 17.9. The molecule has 2 aromatic carbocycles. The van der Waals surface area contributed by atoms with Crippen LogP contribution in [0.25, 0.3) is 17.0 Å². The molecule has 0 unspecified atom stereocenters. The number of amides is 1. The molecule has 0 aliphatic carbocycles. The van der Waals surface area contributed by atoms with Crippen LogP contribution in [0.3, 0.4) is 0 Å². The molecule has 4 aromatic rings. The van der Waals surface area contributed by atoms with Crippen molar-refractivity contribution in [3.8, 4) is 6.07 Å². The van der Waals surface area contributed by atoms with E-state index in [9.17, 15) is 9.18 Å². The predicted octanol–water partition coefficient (Wildman–Crippen LogP) is 6.18. The molecular formula is C28H22Cl2FN5O. The Kier molecular flexibility index (Phi) is 7.24. The summed E-state index contributed by atoms with van der Waals surface area (Å²) < 4.78 is 15.5. The van der Waals surface area contributed by atoms with Gasteiger partial charge in [0.05, 0.1) is 17.1 Å². The van der Waals surface area contributed by atoms with Crippen molar-refractivity contribution < 1.29 is 9.18 Å². The first-order valence-electron chi connectivity index (χ1n) is 11.7. The zero-order valence-corrected chi connectivity index (χ0v) is 21.2. The van der Waals surface area contributed by atoms with Gasteiger partial charge in [-0.15, -0.1) is 0 Å². The van der Waals surface area contributed by atoms with E-state index in [1.165, 1.54) is 12.1 Å². The lowest BCUT2D eigenvalue weighted by molar-refractivity contribution is 0.240. The number of rotatable bonds is 5. The van der Waals surface area contributed by atoms with Crippen molar-refractivity contribution >= 4 is 46.2 Å². The van der Waals surface area contributed by atoms with Crippen molar-refractivity contribution in [2.45, 2.75) is 19.5 Å². The van der Waals surface area contributed by atoms with Crippen molar-refractivity contribution in [3.05, 3.63) is 105 Å². The summed E-state index contributed by atoms with van der Waals surface area (Å²) in [5, 5.41) is 14.0. The lowest BCUT2D eigenvalue weighted by Gasteiger charge is -2.27. The molecule has 0 saturated heterocycles. The van der Waals surface area contributed by atoms with Crippen LogP contribution in [0.4, 0.5) is 9.18 Å². The van der Waals surface area contributed by atoms with Crippen LogP contribution in [0.5, 0.6) is 0 Å². The average molecular weight is 534 g/mol. The van der Waals surface area contributed by atoms with E-state index in [1.54, 1.807) is 29.0 Å². The summed E-state index contributed by atoms with van der Waals surface area (Å²) >= 11 is 12.3. The van der Waals surface area contributed by atoms with Crippen LogP contribution < -0.4 is 5.32 Å². The molecule has 5 rings (SSSR count). The lowest BCUT2D eigenvalue weighted by atomic mass is 10.0.